The lowest BCUT2D eigenvalue weighted by molar-refractivity contribution is 0.112. The van der Waals surface area contributed by atoms with Crippen LogP contribution in [0.5, 0.6) is 5.75 Å². The van der Waals surface area contributed by atoms with E-state index in [4.69, 9.17) is 21.1 Å². The molecule has 0 aliphatic carbocycles. The van der Waals surface area contributed by atoms with Crippen LogP contribution in [0.1, 0.15) is 0 Å². The van der Waals surface area contributed by atoms with Gasteiger partial charge in [-0.25, -0.2) is 0 Å². The van der Waals surface area contributed by atoms with E-state index in [0.29, 0.717) is 12.5 Å². The second-order valence-corrected chi connectivity index (χ2v) is 5.18. The zero-order chi connectivity index (χ0) is 14.2. The van der Waals surface area contributed by atoms with Crippen molar-refractivity contribution < 1.29 is 9.47 Å². The van der Waals surface area contributed by atoms with Gasteiger partial charge >= 0.3 is 0 Å². The van der Waals surface area contributed by atoms with Gasteiger partial charge in [0, 0.05) is 38.6 Å². The summed E-state index contributed by atoms with van der Waals surface area (Å²) in [4.78, 5) is 4.81. The summed E-state index contributed by atoms with van der Waals surface area (Å²) in [5, 5.41) is 0. The first-order chi connectivity index (χ1) is 9.85. The third-order valence-electron chi connectivity index (χ3n) is 3.57. The number of nitrogens with zero attached hydrogens (tertiary/aromatic N) is 2. The molecule has 112 valence electrons. The average Bonchev–Trinajstić information content (AvgIpc) is 2.52. The monoisotopic (exact) mass is 298 g/mol. The summed E-state index contributed by atoms with van der Waals surface area (Å²) < 4.78 is 10.9. The van der Waals surface area contributed by atoms with E-state index in [0.717, 1.165) is 45.1 Å². The summed E-state index contributed by atoms with van der Waals surface area (Å²) in [6.45, 7) is 6.55. The molecule has 0 saturated carbocycles. The maximum Gasteiger partial charge on any atom is 0.142 e. The fourth-order valence-electron chi connectivity index (χ4n) is 2.45. The van der Waals surface area contributed by atoms with Crippen LogP contribution in [-0.2, 0) is 4.74 Å². The Morgan fingerprint density at radius 2 is 1.85 bits per heavy atom. The molecule has 1 fully saturated rings. The van der Waals surface area contributed by atoms with Gasteiger partial charge in [0.1, 0.15) is 5.75 Å². The van der Waals surface area contributed by atoms with Crippen LogP contribution in [0, 0.1) is 0 Å². The topological polar surface area (TPSA) is 24.9 Å². The van der Waals surface area contributed by atoms with Crippen LogP contribution in [0.25, 0.3) is 0 Å². The van der Waals surface area contributed by atoms with Crippen LogP contribution in [0.3, 0.4) is 0 Å². The third-order valence-corrected chi connectivity index (χ3v) is 3.73. The number of benzene rings is 1. The summed E-state index contributed by atoms with van der Waals surface area (Å²) in [5.41, 5.74) is 1.19. The number of piperazine rings is 1. The number of para-hydroxylation sites is 2. The highest BCUT2D eigenvalue weighted by Gasteiger charge is 2.18. The smallest absolute Gasteiger partial charge is 0.142 e. The minimum Gasteiger partial charge on any atom is -0.495 e. The Kier molecular flexibility index (Phi) is 6.43. The van der Waals surface area contributed by atoms with Gasteiger partial charge in [-0.2, -0.15) is 0 Å². The van der Waals surface area contributed by atoms with Crippen LogP contribution in [0.4, 0.5) is 5.69 Å². The Hall–Kier alpha value is -0.970. The summed E-state index contributed by atoms with van der Waals surface area (Å²) in [7, 11) is 1.73. The molecule has 1 aliphatic rings. The molecule has 0 radical (unpaired) electrons. The first-order valence-electron chi connectivity index (χ1n) is 7.09. The predicted molar refractivity (Wildman–Crippen MR) is 83.2 cm³/mol. The van der Waals surface area contributed by atoms with Crippen molar-refractivity contribution in [2.24, 2.45) is 0 Å². The fraction of sp³-hybridized carbons (Fsp3) is 0.600. The molecular formula is C15H23ClN2O2. The first kappa shape index (κ1) is 15.4. The van der Waals surface area contributed by atoms with E-state index >= 15 is 0 Å². The molecule has 20 heavy (non-hydrogen) atoms. The van der Waals surface area contributed by atoms with Gasteiger partial charge in [0.25, 0.3) is 0 Å². The van der Waals surface area contributed by atoms with Crippen LogP contribution in [0.2, 0.25) is 0 Å². The van der Waals surface area contributed by atoms with Crippen LogP contribution in [-0.4, -0.2) is 63.8 Å². The Labute approximate surface area is 126 Å². The quantitative estimate of drug-likeness (QED) is 0.568. The molecule has 1 heterocycles. The van der Waals surface area contributed by atoms with Gasteiger partial charge < -0.3 is 14.4 Å². The molecule has 0 aromatic heterocycles. The lowest BCUT2D eigenvalue weighted by Gasteiger charge is -2.36. The van der Waals surface area contributed by atoms with Crippen molar-refractivity contribution >= 4 is 17.3 Å². The molecule has 0 bridgehead atoms. The standard InChI is InChI=1S/C15H23ClN2O2/c1-19-15-5-3-2-4-14(15)18-9-7-17(8-10-18)11-13-20-12-6-16/h2-5H,6-13H2,1H3. The summed E-state index contributed by atoms with van der Waals surface area (Å²) in [5.74, 6) is 1.52. The van der Waals surface area contributed by atoms with Crippen molar-refractivity contribution in [3.8, 4) is 5.75 Å². The van der Waals surface area contributed by atoms with E-state index in [1.165, 1.54) is 5.69 Å². The summed E-state index contributed by atoms with van der Waals surface area (Å²) in [6.07, 6.45) is 0. The van der Waals surface area contributed by atoms with Gasteiger partial charge in [0.2, 0.25) is 0 Å². The molecule has 1 aromatic rings. The van der Waals surface area contributed by atoms with Crippen molar-refractivity contribution in [2.45, 2.75) is 0 Å². The average molecular weight is 299 g/mol. The maximum atomic E-state index is 5.58. The van der Waals surface area contributed by atoms with Gasteiger partial charge in [-0.1, -0.05) is 12.1 Å². The van der Waals surface area contributed by atoms with Crippen molar-refractivity contribution in [3.05, 3.63) is 24.3 Å². The highest BCUT2D eigenvalue weighted by atomic mass is 35.5. The number of alkyl halides is 1. The highest BCUT2D eigenvalue weighted by molar-refractivity contribution is 6.17. The van der Waals surface area contributed by atoms with E-state index in [-0.39, 0.29) is 0 Å². The van der Waals surface area contributed by atoms with Crippen LogP contribution >= 0.6 is 11.6 Å². The number of anilines is 1. The Morgan fingerprint density at radius 3 is 2.55 bits per heavy atom. The van der Waals surface area contributed by atoms with Crippen molar-refractivity contribution in [1.29, 1.82) is 0 Å². The second kappa shape index (κ2) is 8.35. The minimum atomic E-state index is 0.571. The van der Waals surface area contributed by atoms with E-state index in [1.807, 2.05) is 12.1 Å². The van der Waals surface area contributed by atoms with Crippen molar-refractivity contribution in [3.63, 3.8) is 0 Å². The number of hydrogen-bond donors (Lipinski definition) is 0. The van der Waals surface area contributed by atoms with Gasteiger partial charge in [-0.05, 0) is 12.1 Å². The molecule has 0 unspecified atom stereocenters. The molecule has 0 N–H and O–H groups in total. The molecule has 4 nitrogen and oxygen atoms in total. The molecule has 5 heteroatoms. The molecule has 0 amide bonds. The zero-order valence-corrected chi connectivity index (χ0v) is 12.8. The van der Waals surface area contributed by atoms with Crippen LogP contribution in [0.15, 0.2) is 24.3 Å². The number of methoxy groups -OCH3 is 1. The molecule has 0 spiro atoms. The summed E-state index contributed by atoms with van der Waals surface area (Å²) in [6, 6.07) is 8.21. The van der Waals surface area contributed by atoms with Gasteiger partial charge in [-0.3, -0.25) is 4.90 Å². The van der Waals surface area contributed by atoms with E-state index in [2.05, 4.69) is 21.9 Å². The largest absolute Gasteiger partial charge is 0.495 e. The van der Waals surface area contributed by atoms with Gasteiger partial charge in [0.15, 0.2) is 0 Å². The summed E-state index contributed by atoms with van der Waals surface area (Å²) >= 11 is 5.58. The molecule has 0 atom stereocenters. The van der Waals surface area contributed by atoms with Gasteiger partial charge in [-0.15, -0.1) is 11.6 Å². The Bertz CT molecular complexity index is 395. The second-order valence-electron chi connectivity index (χ2n) is 4.80. The van der Waals surface area contributed by atoms with E-state index < -0.39 is 0 Å². The normalized spacial score (nSPS) is 16.4. The van der Waals surface area contributed by atoms with Gasteiger partial charge in [0.05, 0.1) is 26.0 Å². The number of ether oxygens (including phenoxy) is 2. The predicted octanol–water partition coefficient (Wildman–Crippen LogP) is 2.07. The number of rotatable bonds is 7. The first-order valence-corrected chi connectivity index (χ1v) is 7.62. The molecule has 1 saturated heterocycles. The van der Waals surface area contributed by atoms with Crippen LogP contribution < -0.4 is 9.64 Å². The van der Waals surface area contributed by atoms with E-state index in [9.17, 15) is 0 Å². The molecule has 2 rings (SSSR count). The minimum absolute atomic E-state index is 0.571. The SMILES string of the molecule is COc1ccccc1N1CCN(CCOCCCl)CC1. The van der Waals surface area contributed by atoms with E-state index in [1.54, 1.807) is 7.11 Å². The van der Waals surface area contributed by atoms with Crippen molar-refractivity contribution in [2.75, 3.05) is 63.8 Å². The fourth-order valence-corrected chi connectivity index (χ4v) is 2.56. The highest BCUT2D eigenvalue weighted by Crippen LogP contribution is 2.28. The van der Waals surface area contributed by atoms with Crippen molar-refractivity contribution in [1.82, 2.24) is 4.90 Å². The zero-order valence-electron chi connectivity index (χ0n) is 12.1. The lowest BCUT2D eigenvalue weighted by atomic mass is 10.2. The number of hydrogen-bond acceptors (Lipinski definition) is 4. The lowest BCUT2D eigenvalue weighted by Crippen LogP contribution is -2.47. The third kappa shape index (κ3) is 4.27. The Balaban J connectivity index is 1.79. The maximum absolute atomic E-state index is 5.58. The Morgan fingerprint density at radius 1 is 1.10 bits per heavy atom. The number of halogens is 1. The molecule has 1 aromatic carbocycles. The molecule has 1 aliphatic heterocycles. The molecular weight excluding hydrogens is 276 g/mol.